The topological polar surface area (TPSA) is 73.3 Å². The predicted octanol–water partition coefficient (Wildman–Crippen LogP) is 5.46. The molecule has 1 N–H and O–H groups in total. The first-order chi connectivity index (χ1) is 13.8. The van der Waals surface area contributed by atoms with E-state index < -0.39 is 11.6 Å². The number of carbonyl (C=O) groups excluding carboxylic acids is 1. The fraction of sp³-hybridized carbons (Fsp3) is 0.286. The summed E-state index contributed by atoms with van der Waals surface area (Å²) in [6.45, 7) is 7.32. The lowest BCUT2D eigenvalue weighted by molar-refractivity contribution is -0.157. The summed E-state index contributed by atoms with van der Waals surface area (Å²) in [5.74, 6) is 0.964. The molecule has 6 nitrogen and oxygen atoms in total. The van der Waals surface area contributed by atoms with Gasteiger partial charge in [-0.15, -0.1) is 11.3 Å². The van der Waals surface area contributed by atoms with Gasteiger partial charge in [-0.2, -0.15) is 0 Å². The van der Waals surface area contributed by atoms with Crippen molar-refractivity contribution in [3.05, 3.63) is 53.7 Å². The molecule has 8 heteroatoms. The summed E-state index contributed by atoms with van der Waals surface area (Å²) in [7, 11) is 0. The third kappa shape index (κ3) is 7.07. The van der Waals surface area contributed by atoms with Gasteiger partial charge in [0.2, 0.25) is 0 Å². The summed E-state index contributed by atoms with van der Waals surface area (Å²) in [5.41, 5.74) is 0.453. The molecule has 29 heavy (non-hydrogen) atoms. The fourth-order valence-corrected chi connectivity index (χ4v) is 3.93. The number of esters is 1. The number of ether oxygens (including phenoxy) is 2. The maximum absolute atomic E-state index is 11.8. The number of aryl methyl sites for hydroxylation is 1. The normalized spacial score (nSPS) is 11.2. The van der Waals surface area contributed by atoms with E-state index in [-0.39, 0.29) is 6.61 Å². The largest absolute Gasteiger partial charge is 0.482 e. The summed E-state index contributed by atoms with van der Waals surface area (Å²) in [6, 6.07) is 11.5. The Morgan fingerprint density at radius 3 is 2.72 bits per heavy atom. The summed E-state index contributed by atoms with van der Waals surface area (Å²) in [4.78, 5) is 22.6. The van der Waals surface area contributed by atoms with Crippen molar-refractivity contribution >= 4 is 40.0 Å². The Bertz CT molecular complexity index is 983. The Morgan fingerprint density at radius 2 is 2.00 bits per heavy atom. The number of hydrogen-bond acceptors (Lipinski definition) is 8. The van der Waals surface area contributed by atoms with E-state index in [1.807, 2.05) is 69.5 Å². The number of hydrogen-bond donors (Lipinski definition) is 1. The van der Waals surface area contributed by atoms with E-state index in [0.717, 1.165) is 26.4 Å². The molecule has 3 rings (SSSR count). The summed E-state index contributed by atoms with van der Waals surface area (Å²) in [6.07, 6.45) is 1.76. The van der Waals surface area contributed by atoms with Crippen molar-refractivity contribution in [2.24, 2.45) is 0 Å². The molecule has 3 aromatic rings. The van der Waals surface area contributed by atoms with Gasteiger partial charge in [0.05, 0.1) is 5.69 Å². The third-order valence-electron chi connectivity index (χ3n) is 3.40. The molecule has 152 valence electrons. The number of nitrogens with one attached hydrogen (secondary N) is 1. The van der Waals surface area contributed by atoms with Crippen LogP contribution in [0.1, 0.15) is 26.5 Å². The van der Waals surface area contributed by atoms with Gasteiger partial charge in [-0.25, -0.2) is 14.8 Å². The smallest absolute Gasteiger partial charge is 0.344 e. The molecule has 2 heterocycles. The van der Waals surface area contributed by atoms with E-state index in [0.29, 0.717) is 5.75 Å². The van der Waals surface area contributed by atoms with E-state index >= 15 is 0 Å². The summed E-state index contributed by atoms with van der Waals surface area (Å²) in [5, 5.41) is 6.02. The average molecular weight is 430 g/mol. The van der Waals surface area contributed by atoms with Gasteiger partial charge >= 0.3 is 5.97 Å². The van der Waals surface area contributed by atoms with Crippen molar-refractivity contribution in [1.82, 2.24) is 9.97 Å². The zero-order valence-corrected chi connectivity index (χ0v) is 18.4. The number of thiazole rings is 1. The van der Waals surface area contributed by atoms with Gasteiger partial charge in [0, 0.05) is 21.4 Å². The van der Waals surface area contributed by atoms with Gasteiger partial charge in [-0.05, 0) is 58.0 Å². The molecule has 0 bridgehead atoms. The first kappa shape index (κ1) is 21.1. The number of anilines is 2. The minimum atomic E-state index is -0.525. The highest BCUT2D eigenvalue weighted by molar-refractivity contribution is 7.99. The highest BCUT2D eigenvalue weighted by Gasteiger charge is 2.16. The van der Waals surface area contributed by atoms with Crippen LogP contribution in [0, 0.1) is 6.92 Å². The maximum Gasteiger partial charge on any atom is 0.344 e. The van der Waals surface area contributed by atoms with Gasteiger partial charge in [-0.3, -0.25) is 0 Å². The second-order valence-corrected chi connectivity index (χ2v) is 9.25. The van der Waals surface area contributed by atoms with Gasteiger partial charge in [0.1, 0.15) is 17.2 Å². The van der Waals surface area contributed by atoms with Crippen molar-refractivity contribution in [3.8, 4) is 5.75 Å². The van der Waals surface area contributed by atoms with E-state index in [1.54, 1.807) is 29.3 Å². The van der Waals surface area contributed by atoms with Crippen LogP contribution in [-0.4, -0.2) is 28.1 Å². The average Bonchev–Trinajstić information content (AvgIpc) is 3.04. The van der Waals surface area contributed by atoms with Crippen LogP contribution < -0.4 is 10.1 Å². The first-order valence-electron chi connectivity index (χ1n) is 9.05. The molecule has 0 spiro atoms. The second-order valence-electron chi connectivity index (χ2n) is 7.25. The minimum Gasteiger partial charge on any atom is -0.482 e. The maximum atomic E-state index is 11.8. The van der Waals surface area contributed by atoms with E-state index in [1.165, 1.54) is 0 Å². The van der Waals surface area contributed by atoms with Crippen LogP contribution in [0.5, 0.6) is 5.75 Å². The first-order valence-corrected chi connectivity index (χ1v) is 10.7. The van der Waals surface area contributed by atoms with E-state index in [2.05, 4.69) is 15.3 Å². The second kappa shape index (κ2) is 9.28. The zero-order chi connectivity index (χ0) is 20.9. The number of nitrogens with zero attached hydrogens (tertiary/aromatic N) is 2. The van der Waals surface area contributed by atoms with E-state index in [4.69, 9.17) is 9.47 Å². The summed E-state index contributed by atoms with van der Waals surface area (Å²) >= 11 is 3.13. The molecule has 0 unspecified atom stereocenters. The van der Waals surface area contributed by atoms with Crippen molar-refractivity contribution < 1.29 is 14.3 Å². The number of carbonyl (C=O) groups is 1. The minimum absolute atomic E-state index is 0.123. The SMILES string of the molecule is Cc1csc(Nc2cc(Sc3cccc(OCC(=O)OC(C)(C)C)c3)ccn2)n1. The Kier molecular flexibility index (Phi) is 6.76. The number of pyridine rings is 1. The Morgan fingerprint density at radius 1 is 1.21 bits per heavy atom. The predicted molar refractivity (Wildman–Crippen MR) is 116 cm³/mol. The molecule has 0 saturated heterocycles. The molecule has 0 radical (unpaired) electrons. The Hall–Kier alpha value is -2.58. The number of rotatable bonds is 7. The molecule has 0 fully saturated rings. The molecule has 0 atom stereocenters. The van der Waals surface area contributed by atoms with Crippen LogP contribution in [0.2, 0.25) is 0 Å². The van der Waals surface area contributed by atoms with Crippen LogP contribution in [0.3, 0.4) is 0 Å². The summed E-state index contributed by atoms with van der Waals surface area (Å²) < 4.78 is 10.8. The van der Waals surface area contributed by atoms with Crippen molar-refractivity contribution in [2.75, 3.05) is 11.9 Å². The lowest BCUT2D eigenvalue weighted by Gasteiger charge is -2.19. The van der Waals surface area contributed by atoms with E-state index in [9.17, 15) is 4.79 Å². The Balaban J connectivity index is 1.61. The molecule has 1 aromatic carbocycles. The number of aromatic nitrogens is 2. The molecule has 0 aliphatic rings. The molecule has 0 aliphatic heterocycles. The van der Waals surface area contributed by atoms with Crippen molar-refractivity contribution in [2.45, 2.75) is 43.1 Å². The highest BCUT2D eigenvalue weighted by atomic mass is 32.2. The molecule has 2 aromatic heterocycles. The monoisotopic (exact) mass is 429 g/mol. The fourth-order valence-electron chi connectivity index (χ4n) is 2.34. The van der Waals surface area contributed by atoms with Crippen molar-refractivity contribution in [1.29, 1.82) is 0 Å². The van der Waals surface area contributed by atoms with Gasteiger partial charge in [0.25, 0.3) is 0 Å². The lowest BCUT2D eigenvalue weighted by atomic mass is 10.2. The van der Waals surface area contributed by atoms with Crippen LogP contribution in [0.25, 0.3) is 0 Å². The number of benzene rings is 1. The molecular weight excluding hydrogens is 406 g/mol. The van der Waals surface area contributed by atoms with Crippen molar-refractivity contribution in [3.63, 3.8) is 0 Å². The molecular formula is C21H23N3O3S2. The van der Waals surface area contributed by atoms with Gasteiger partial charge < -0.3 is 14.8 Å². The third-order valence-corrected chi connectivity index (χ3v) is 5.26. The molecule has 0 aliphatic carbocycles. The van der Waals surface area contributed by atoms with Gasteiger partial charge in [0.15, 0.2) is 11.7 Å². The lowest BCUT2D eigenvalue weighted by Crippen LogP contribution is -2.27. The van der Waals surface area contributed by atoms with Crippen LogP contribution in [0.15, 0.2) is 57.8 Å². The molecule has 0 saturated carbocycles. The zero-order valence-electron chi connectivity index (χ0n) is 16.8. The highest BCUT2D eigenvalue weighted by Crippen LogP contribution is 2.31. The van der Waals surface area contributed by atoms with Crippen LogP contribution in [-0.2, 0) is 9.53 Å². The standard InChI is InChI=1S/C21H23N3O3S2/c1-14-13-28-20(23-14)24-18-11-17(8-9-22-18)29-16-7-5-6-15(10-16)26-12-19(25)27-21(2,3)4/h5-11,13H,12H2,1-4H3,(H,22,23,24). The van der Waals surface area contributed by atoms with Crippen LogP contribution >= 0.6 is 23.1 Å². The van der Waals surface area contributed by atoms with Crippen LogP contribution in [0.4, 0.5) is 10.9 Å². The quantitative estimate of drug-likeness (QED) is 0.500. The molecule has 0 amide bonds. The Labute approximate surface area is 178 Å². The van der Waals surface area contributed by atoms with Gasteiger partial charge in [-0.1, -0.05) is 17.8 Å².